The molecule has 4 heteroatoms. The maximum atomic E-state index is 11.9. The highest BCUT2D eigenvalue weighted by molar-refractivity contribution is 5.78. The van der Waals surface area contributed by atoms with Crippen LogP contribution in [0.4, 0.5) is 0 Å². The molecule has 0 spiro atoms. The van der Waals surface area contributed by atoms with E-state index in [4.69, 9.17) is 5.11 Å². The third kappa shape index (κ3) is 5.83. The maximum absolute atomic E-state index is 11.9. The number of hydrogen-bond donors (Lipinski definition) is 2. The summed E-state index contributed by atoms with van der Waals surface area (Å²) in [6.07, 6.45) is 8.64. The van der Waals surface area contributed by atoms with E-state index in [0.717, 1.165) is 12.8 Å². The highest BCUT2D eigenvalue weighted by atomic mass is 16.3. The van der Waals surface area contributed by atoms with E-state index in [9.17, 15) is 4.79 Å². The topological polar surface area (TPSA) is 52.6 Å². The van der Waals surface area contributed by atoms with Gasteiger partial charge >= 0.3 is 0 Å². The number of nitrogens with one attached hydrogen (secondary N) is 1. The molecule has 0 aliphatic heterocycles. The quantitative estimate of drug-likeness (QED) is 0.784. The number of amides is 1. The number of carbonyl (C=O) groups excluding carboxylic acids is 1. The minimum absolute atomic E-state index is 0.0353. The van der Waals surface area contributed by atoms with Gasteiger partial charge in [-0.3, -0.25) is 9.69 Å². The molecular weight excluding hydrogens is 228 g/mol. The van der Waals surface area contributed by atoms with Gasteiger partial charge in [-0.25, -0.2) is 0 Å². The lowest BCUT2D eigenvalue weighted by Gasteiger charge is -2.25. The molecule has 1 aliphatic rings. The first-order valence-corrected chi connectivity index (χ1v) is 7.24. The van der Waals surface area contributed by atoms with Crippen molar-refractivity contribution in [3.63, 3.8) is 0 Å². The summed E-state index contributed by atoms with van der Waals surface area (Å²) in [6, 6.07) is 0.392. The molecule has 1 aliphatic carbocycles. The van der Waals surface area contributed by atoms with Gasteiger partial charge in [0.1, 0.15) is 0 Å². The minimum atomic E-state index is 0.0353. The molecule has 1 amide bonds. The average molecular weight is 256 g/mol. The van der Waals surface area contributed by atoms with Crippen LogP contribution in [0.5, 0.6) is 0 Å². The summed E-state index contributed by atoms with van der Waals surface area (Å²) in [5, 5.41) is 12.2. The van der Waals surface area contributed by atoms with Crippen LogP contribution in [0.25, 0.3) is 0 Å². The number of hydrogen-bond acceptors (Lipinski definition) is 3. The number of nitrogens with zero attached hydrogens (tertiary/aromatic N) is 1. The highest BCUT2D eigenvalue weighted by Crippen LogP contribution is 2.16. The second-order valence-electron chi connectivity index (χ2n) is 5.56. The normalized spacial score (nSPS) is 20.2. The predicted octanol–water partition coefficient (Wildman–Crippen LogP) is 1.53. The van der Waals surface area contributed by atoms with E-state index >= 15 is 0 Å². The van der Waals surface area contributed by atoms with Crippen molar-refractivity contribution in [1.29, 1.82) is 0 Å². The van der Waals surface area contributed by atoms with Gasteiger partial charge in [0.25, 0.3) is 0 Å². The van der Waals surface area contributed by atoms with Gasteiger partial charge < -0.3 is 10.4 Å². The molecule has 0 saturated heterocycles. The second-order valence-corrected chi connectivity index (χ2v) is 5.56. The summed E-state index contributed by atoms with van der Waals surface area (Å²) in [4.78, 5) is 13.8. The molecule has 18 heavy (non-hydrogen) atoms. The fourth-order valence-electron chi connectivity index (χ4n) is 2.40. The molecule has 1 unspecified atom stereocenters. The lowest BCUT2D eigenvalue weighted by Crippen LogP contribution is -2.44. The van der Waals surface area contributed by atoms with Crippen molar-refractivity contribution in [1.82, 2.24) is 10.2 Å². The first kappa shape index (κ1) is 15.4. The zero-order valence-electron chi connectivity index (χ0n) is 11.8. The van der Waals surface area contributed by atoms with Crippen LogP contribution < -0.4 is 5.32 Å². The SMILES string of the molecule is CC(CO)N(C)CC(=O)NC1CCCCCCC1. The molecule has 2 N–H and O–H groups in total. The largest absolute Gasteiger partial charge is 0.395 e. The lowest BCUT2D eigenvalue weighted by atomic mass is 9.97. The van der Waals surface area contributed by atoms with Crippen molar-refractivity contribution < 1.29 is 9.90 Å². The summed E-state index contributed by atoms with van der Waals surface area (Å²) >= 11 is 0. The van der Waals surface area contributed by atoms with E-state index in [1.165, 1.54) is 32.1 Å². The van der Waals surface area contributed by atoms with Gasteiger partial charge in [-0.15, -0.1) is 0 Å². The van der Waals surface area contributed by atoms with Crippen LogP contribution >= 0.6 is 0 Å². The Kier molecular flexibility index (Phi) is 7.28. The standard InChI is InChI=1S/C14H28N2O2/c1-12(11-17)16(2)10-14(18)15-13-8-6-4-3-5-7-9-13/h12-13,17H,3-11H2,1-2H3,(H,15,18). The van der Waals surface area contributed by atoms with Crippen molar-refractivity contribution in [2.24, 2.45) is 0 Å². The molecule has 1 saturated carbocycles. The van der Waals surface area contributed by atoms with Gasteiger partial charge in [-0.1, -0.05) is 32.1 Å². The number of likely N-dealkylation sites (N-methyl/N-ethyl adjacent to an activating group) is 1. The Labute approximate surface area is 111 Å². The monoisotopic (exact) mass is 256 g/mol. The third-order valence-corrected chi connectivity index (χ3v) is 3.88. The molecule has 0 bridgehead atoms. The van der Waals surface area contributed by atoms with E-state index < -0.39 is 0 Å². The van der Waals surface area contributed by atoms with Gasteiger partial charge in [-0.2, -0.15) is 0 Å². The number of aliphatic hydroxyl groups is 1. The van der Waals surface area contributed by atoms with Crippen molar-refractivity contribution in [3.05, 3.63) is 0 Å². The molecule has 0 aromatic rings. The molecule has 1 fully saturated rings. The number of carbonyl (C=O) groups is 1. The van der Waals surface area contributed by atoms with Crippen LogP contribution in [0.2, 0.25) is 0 Å². The van der Waals surface area contributed by atoms with Gasteiger partial charge in [-0.05, 0) is 26.8 Å². The van der Waals surface area contributed by atoms with Crippen LogP contribution in [0.15, 0.2) is 0 Å². The Balaban J connectivity index is 2.29. The Morgan fingerprint density at radius 3 is 2.39 bits per heavy atom. The Morgan fingerprint density at radius 1 is 1.28 bits per heavy atom. The lowest BCUT2D eigenvalue weighted by molar-refractivity contribution is -0.123. The van der Waals surface area contributed by atoms with Gasteiger partial charge in [0, 0.05) is 12.1 Å². The van der Waals surface area contributed by atoms with Crippen LogP contribution in [0.1, 0.15) is 51.9 Å². The Hall–Kier alpha value is -0.610. The zero-order valence-corrected chi connectivity index (χ0v) is 11.8. The van der Waals surface area contributed by atoms with Gasteiger partial charge in [0.2, 0.25) is 5.91 Å². The third-order valence-electron chi connectivity index (χ3n) is 3.88. The fourth-order valence-corrected chi connectivity index (χ4v) is 2.40. The van der Waals surface area contributed by atoms with E-state index in [1.807, 2.05) is 18.9 Å². The van der Waals surface area contributed by atoms with Crippen LogP contribution in [-0.2, 0) is 4.79 Å². The molecule has 4 nitrogen and oxygen atoms in total. The van der Waals surface area contributed by atoms with Crippen LogP contribution in [0.3, 0.4) is 0 Å². The Morgan fingerprint density at radius 2 is 1.83 bits per heavy atom. The summed E-state index contributed by atoms with van der Waals surface area (Å²) in [7, 11) is 1.87. The second kappa shape index (κ2) is 8.48. The molecule has 0 heterocycles. The van der Waals surface area contributed by atoms with E-state index in [2.05, 4.69) is 5.32 Å². The number of rotatable bonds is 5. The molecule has 1 atom stereocenters. The first-order valence-electron chi connectivity index (χ1n) is 7.24. The predicted molar refractivity (Wildman–Crippen MR) is 73.4 cm³/mol. The highest BCUT2D eigenvalue weighted by Gasteiger charge is 2.16. The Bertz CT molecular complexity index is 238. The van der Waals surface area contributed by atoms with E-state index in [0.29, 0.717) is 12.6 Å². The maximum Gasteiger partial charge on any atom is 0.234 e. The van der Waals surface area contributed by atoms with Crippen molar-refractivity contribution in [2.75, 3.05) is 20.2 Å². The molecule has 0 aromatic heterocycles. The molecular formula is C14H28N2O2. The average Bonchev–Trinajstić information content (AvgIpc) is 2.31. The van der Waals surface area contributed by atoms with Crippen molar-refractivity contribution in [3.8, 4) is 0 Å². The minimum Gasteiger partial charge on any atom is -0.395 e. The van der Waals surface area contributed by atoms with Gasteiger partial charge in [0.05, 0.1) is 13.2 Å². The molecule has 106 valence electrons. The van der Waals surface area contributed by atoms with Crippen molar-refractivity contribution >= 4 is 5.91 Å². The smallest absolute Gasteiger partial charge is 0.234 e. The fraction of sp³-hybridized carbons (Fsp3) is 0.929. The summed E-state index contributed by atoms with van der Waals surface area (Å²) in [5.74, 6) is 0.0865. The molecule has 0 radical (unpaired) electrons. The molecule has 1 rings (SSSR count). The zero-order chi connectivity index (χ0) is 13.4. The van der Waals surface area contributed by atoms with Crippen LogP contribution in [0, 0.1) is 0 Å². The van der Waals surface area contributed by atoms with E-state index in [1.54, 1.807) is 0 Å². The van der Waals surface area contributed by atoms with Gasteiger partial charge in [0.15, 0.2) is 0 Å². The summed E-state index contributed by atoms with van der Waals surface area (Å²) < 4.78 is 0. The van der Waals surface area contributed by atoms with Crippen molar-refractivity contribution in [2.45, 2.75) is 64.0 Å². The summed E-state index contributed by atoms with van der Waals surface area (Å²) in [6.45, 7) is 2.38. The number of aliphatic hydroxyl groups excluding tert-OH is 1. The van der Waals surface area contributed by atoms with Crippen LogP contribution in [-0.4, -0.2) is 48.2 Å². The van der Waals surface area contributed by atoms with E-state index in [-0.39, 0.29) is 18.6 Å². The molecule has 0 aromatic carbocycles. The summed E-state index contributed by atoms with van der Waals surface area (Å²) in [5.41, 5.74) is 0. The first-order chi connectivity index (χ1) is 8.63.